The molecule has 22 heavy (non-hydrogen) atoms. The fourth-order valence-electron chi connectivity index (χ4n) is 3.73. The Labute approximate surface area is 133 Å². The summed E-state index contributed by atoms with van der Waals surface area (Å²) in [6, 6.07) is 0. The Morgan fingerprint density at radius 1 is 1.27 bits per heavy atom. The van der Waals surface area contributed by atoms with E-state index in [0.29, 0.717) is 11.6 Å². The van der Waals surface area contributed by atoms with Gasteiger partial charge in [0.05, 0.1) is 12.5 Å². The minimum Gasteiger partial charge on any atom is -0.337 e. The van der Waals surface area contributed by atoms with E-state index in [-0.39, 0.29) is 5.91 Å². The fourth-order valence-corrected chi connectivity index (χ4v) is 3.73. The summed E-state index contributed by atoms with van der Waals surface area (Å²) in [7, 11) is 1.89. The molecule has 0 aromatic carbocycles. The third kappa shape index (κ3) is 3.51. The van der Waals surface area contributed by atoms with E-state index < -0.39 is 0 Å². The van der Waals surface area contributed by atoms with Crippen LogP contribution in [0.15, 0.2) is 12.5 Å². The smallest absolute Gasteiger partial charge is 0.272 e. The molecule has 1 atom stereocenters. The Morgan fingerprint density at radius 3 is 2.73 bits per heavy atom. The monoisotopic (exact) mass is 304 g/mol. The van der Waals surface area contributed by atoms with Crippen molar-refractivity contribution in [3.8, 4) is 0 Å². The van der Waals surface area contributed by atoms with E-state index in [0.717, 1.165) is 32.0 Å². The second-order valence-corrected chi connectivity index (χ2v) is 7.13. The van der Waals surface area contributed by atoms with Crippen LogP contribution in [0.3, 0.4) is 0 Å². The minimum atomic E-state index is 0.136. The van der Waals surface area contributed by atoms with E-state index in [4.69, 9.17) is 0 Å². The summed E-state index contributed by atoms with van der Waals surface area (Å²) < 4.78 is 1.82. The van der Waals surface area contributed by atoms with Crippen LogP contribution in [0.2, 0.25) is 0 Å². The van der Waals surface area contributed by atoms with Crippen molar-refractivity contribution >= 4 is 5.91 Å². The standard InChI is InChI=1S/C17H28N4O/c1-14-5-8-20(9-6-14)11-15-4-3-7-21(12-15)17(22)16-10-18-13-19(16)2/h10,13-15H,3-9,11-12H2,1-2H3. The van der Waals surface area contributed by atoms with Gasteiger partial charge in [-0.2, -0.15) is 0 Å². The van der Waals surface area contributed by atoms with Gasteiger partial charge in [0.15, 0.2) is 0 Å². The van der Waals surface area contributed by atoms with E-state index in [1.54, 1.807) is 12.5 Å². The molecule has 0 N–H and O–H groups in total. The second-order valence-electron chi connectivity index (χ2n) is 7.13. The topological polar surface area (TPSA) is 41.4 Å². The highest BCUT2D eigenvalue weighted by Gasteiger charge is 2.27. The van der Waals surface area contributed by atoms with Crippen molar-refractivity contribution in [2.45, 2.75) is 32.6 Å². The van der Waals surface area contributed by atoms with Crippen molar-refractivity contribution in [3.05, 3.63) is 18.2 Å². The minimum absolute atomic E-state index is 0.136. The van der Waals surface area contributed by atoms with Gasteiger partial charge in [-0.15, -0.1) is 0 Å². The molecule has 3 rings (SSSR count). The number of imidazole rings is 1. The van der Waals surface area contributed by atoms with Gasteiger partial charge in [-0.1, -0.05) is 6.92 Å². The quantitative estimate of drug-likeness (QED) is 0.858. The maximum atomic E-state index is 12.6. The second kappa shape index (κ2) is 6.82. The maximum Gasteiger partial charge on any atom is 0.272 e. The van der Waals surface area contributed by atoms with E-state index >= 15 is 0 Å². The zero-order valence-electron chi connectivity index (χ0n) is 13.9. The predicted molar refractivity (Wildman–Crippen MR) is 86.7 cm³/mol. The molecule has 1 aromatic rings. The Bertz CT molecular complexity index is 505. The SMILES string of the molecule is CC1CCN(CC2CCCN(C(=O)c3cncn3C)C2)CC1. The molecule has 1 aromatic heterocycles. The molecule has 0 aliphatic carbocycles. The molecule has 5 heteroatoms. The van der Waals surface area contributed by atoms with Crippen molar-refractivity contribution in [2.24, 2.45) is 18.9 Å². The van der Waals surface area contributed by atoms with Crippen molar-refractivity contribution in [1.82, 2.24) is 19.4 Å². The van der Waals surface area contributed by atoms with Gasteiger partial charge in [-0.3, -0.25) is 4.79 Å². The normalized spacial score (nSPS) is 24.6. The Kier molecular flexibility index (Phi) is 4.81. The van der Waals surface area contributed by atoms with Crippen molar-refractivity contribution < 1.29 is 4.79 Å². The third-order valence-electron chi connectivity index (χ3n) is 5.23. The largest absolute Gasteiger partial charge is 0.337 e. The number of nitrogens with zero attached hydrogens (tertiary/aromatic N) is 4. The van der Waals surface area contributed by atoms with Crippen LogP contribution in [0.5, 0.6) is 0 Å². The number of carbonyl (C=O) groups excluding carboxylic acids is 1. The first-order chi connectivity index (χ1) is 10.6. The molecule has 5 nitrogen and oxygen atoms in total. The van der Waals surface area contributed by atoms with Crippen molar-refractivity contribution in [1.29, 1.82) is 0 Å². The summed E-state index contributed by atoms with van der Waals surface area (Å²) in [6.45, 7) is 7.75. The number of hydrogen-bond acceptors (Lipinski definition) is 3. The Balaban J connectivity index is 1.55. The molecule has 1 amide bonds. The fraction of sp³-hybridized carbons (Fsp3) is 0.765. The van der Waals surface area contributed by atoms with E-state index in [1.807, 2.05) is 16.5 Å². The lowest BCUT2D eigenvalue weighted by atomic mass is 9.94. The molecule has 0 radical (unpaired) electrons. The molecule has 122 valence electrons. The predicted octanol–water partition coefficient (Wildman–Crippen LogP) is 2.00. The summed E-state index contributed by atoms with van der Waals surface area (Å²) >= 11 is 0. The first-order valence-corrected chi connectivity index (χ1v) is 8.61. The number of likely N-dealkylation sites (tertiary alicyclic amines) is 2. The van der Waals surface area contributed by atoms with Crippen LogP contribution in [0.25, 0.3) is 0 Å². The zero-order chi connectivity index (χ0) is 15.5. The molecular formula is C17H28N4O. The van der Waals surface area contributed by atoms with Crippen LogP contribution >= 0.6 is 0 Å². The lowest BCUT2D eigenvalue weighted by Gasteiger charge is -2.37. The van der Waals surface area contributed by atoms with Crippen LogP contribution in [0, 0.1) is 11.8 Å². The number of rotatable bonds is 3. The van der Waals surface area contributed by atoms with Gasteiger partial charge in [0.1, 0.15) is 5.69 Å². The molecular weight excluding hydrogens is 276 g/mol. The van der Waals surface area contributed by atoms with E-state index in [1.165, 1.54) is 32.4 Å². The van der Waals surface area contributed by atoms with E-state index in [2.05, 4.69) is 16.8 Å². The molecule has 2 saturated heterocycles. The molecule has 2 aliphatic rings. The highest BCUT2D eigenvalue weighted by molar-refractivity contribution is 5.92. The van der Waals surface area contributed by atoms with Gasteiger partial charge in [0.25, 0.3) is 5.91 Å². The summed E-state index contributed by atoms with van der Waals surface area (Å²) in [4.78, 5) is 21.3. The van der Waals surface area contributed by atoms with Crippen LogP contribution in [0.1, 0.15) is 43.1 Å². The molecule has 2 aliphatic heterocycles. The third-order valence-corrected chi connectivity index (χ3v) is 5.23. The van der Waals surface area contributed by atoms with Crippen LogP contribution in [-0.4, -0.2) is 58.0 Å². The summed E-state index contributed by atoms with van der Waals surface area (Å²) in [5.74, 6) is 1.64. The highest BCUT2D eigenvalue weighted by atomic mass is 16.2. The van der Waals surface area contributed by atoms with Crippen molar-refractivity contribution in [3.63, 3.8) is 0 Å². The molecule has 0 spiro atoms. The molecule has 0 bridgehead atoms. The first kappa shape index (κ1) is 15.5. The van der Waals surface area contributed by atoms with E-state index in [9.17, 15) is 4.79 Å². The number of aromatic nitrogens is 2. The van der Waals surface area contributed by atoms with Crippen LogP contribution < -0.4 is 0 Å². The van der Waals surface area contributed by atoms with Gasteiger partial charge < -0.3 is 14.4 Å². The summed E-state index contributed by atoms with van der Waals surface area (Å²) in [5.41, 5.74) is 0.701. The molecule has 1 unspecified atom stereocenters. The van der Waals surface area contributed by atoms with Gasteiger partial charge in [0.2, 0.25) is 0 Å². The molecule has 2 fully saturated rings. The van der Waals surface area contributed by atoms with Crippen LogP contribution in [0.4, 0.5) is 0 Å². The average Bonchev–Trinajstić information content (AvgIpc) is 2.95. The lowest BCUT2D eigenvalue weighted by molar-refractivity contribution is 0.0613. The summed E-state index contributed by atoms with van der Waals surface area (Å²) in [5, 5.41) is 0. The number of aryl methyl sites for hydroxylation is 1. The molecule has 3 heterocycles. The van der Waals surface area contributed by atoms with Gasteiger partial charge in [-0.05, 0) is 50.6 Å². The van der Waals surface area contributed by atoms with Gasteiger partial charge in [0, 0.05) is 26.7 Å². The van der Waals surface area contributed by atoms with Gasteiger partial charge in [-0.25, -0.2) is 4.98 Å². The maximum absolute atomic E-state index is 12.6. The highest BCUT2D eigenvalue weighted by Crippen LogP contribution is 2.22. The molecule has 0 saturated carbocycles. The Hall–Kier alpha value is -1.36. The lowest BCUT2D eigenvalue weighted by Crippen LogP contribution is -2.45. The average molecular weight is 304 g/mol. The van der Waals surface area contributed by atoms with Gasteiger partial charge >= 0.3 is 0 Å². The zero-order valence-corrected chi connectivity index (χ0v) is 13.9. The number of piperidine rings is 2. The number of carbonyl (C=O) groups is 1. The van der Waals surface area contributed by atoms with Crippen molar-refractivity contribution in [2.75, 3.05) is 32.7 Å². The Morgan fingerprint density at radius 2 is 2.05 bits per heavy atom. The summed E-state index contributed by atoms with van der Waals surface area (Å²) in [6.07, 6.45) is 8.40. The number of amides is 1. The first-order valence-electron chi connectivity index (χ1n) is 8.61. The van der Waals surface area contributed by atoms with Crippen LogP contribution in [-0.2, 0) is 7.05 Å². The number of hydrogen-bond donors (Lipinski definition) is 0.